The highest BCUT2D eigenvalue weighted by molar-refractivity contribution is 9.11. The summed E-state index contributed by atoms with van der Waals surface area (Å²) in [5, 5.41) is 5.81. The van der Waals surface area contributed by atoms with E-state index in [-0.39, 0.29) is 18.3 Å². The first-order valence-corrected chi connectivity index (χ1v) is 6.48. The van der Waals surface area contributed by atoms with Crippen molar-refractivity contribution in [2.24, 2.45) is 0 Å². The van der Waals surface area contributed by atoms with E-state index in [1.54, 1.807) is 11.3 Å². The summed E-state index contributed by atoms with van der Waals surface area (Å²) in [7, 11) is 0. The highest BCUT2D eigenvalue weighted by Gasteiger charge is 2.00. The zero-order valence-electron chi connectivity index (χ0n) is 9.16. The Morgan fingerprint density at radius 3 is 2.88 bits per heavy atom. The van der Waals surface area contributed by atoms with Gasteiger partial charge in [-0.3, -0.25) is 4.79 Å². The van der Waals surface area contributed by atoms with Crippen LogP contribution in [-0.2, 0) is 11.3 Å². The topological polar surface area (TPSA) is 41.1 Å². The second kappa shape index (κ2) is 9.49. The van der Waals surface area contributed by atoms with E-state index in [4.69, 9.17) is 6.42 Å². The van der Waals surface area contributed by atoms with Gasteiger partial charge in [0.2, 0.25) is 5.91 Å². The lowest BCUT2D eigenvalue weighted by atomic mass is 10.4. The molecule has 6 heteroatoms. The Morgan fingerprint density at radius 1 is 1.53 bits per heavy atom. The molecule has 0 aliphatic carbocycles. The van der Waals surface area contributed by atoms with Crippen molar-refractivity contribution in [1.82, 2.24) is 10.6 Å². The van der Waals surface area contributed by atoms with E-state index in [0.29, 0.717) is 19.5 Å². The third-order valence-corrected chi connectivity index (χ3v) is 3.47. The molecule has 0 aromatic carbocycles. The molecular formula is C11H14BrClN2OS. The number of rotatable bonds is 6. The standard InChI is InChI=1S/C11H13BrN2OS.ClH/c1-2-6-14-11(15)5-7-13-8-9-3-4-10(12)16-9;/h1,3-4,13H,5-8H2,(H,14,15);1H. The maximum atomic E-state index is 11.2. The predicted molar refractivity (Wildman–Crippen MR) is 77.4 cm³/mol. The number of halogens is 2. The average molecular weight is 338 g/mol. The van der Waals surface area contributed by atoms with Crippen LogP contribution in [0.25, 0.3) is 0 Å². The lowest BCUT2D eigenvalue weighted by Crippen LogP contribution is -2.27. The van der Waals surface area contributed by atoms with Gasteiger partial charge in [-0.25, -0.2) is 0 Å². The summed E-state index contributed by atoms with van der Waals surface area (Å²) in [6.45, 7) is 1.75. The van der Waals surface area contributed by atoms with Crippen molar-refractivity contribution in [2.45, 2.75) is 13.0 Å². The number of carbonyl (C=O) groups is 1. The Bertz CT molecular complexity index is 389. The number of amides is 1. The average Bonchev–Trinajstić information content (AvgIpc) is 2.67. The van der Waals surface area contributed by atoms with Gasteiger partial charge in [0.05, 0.1) is 10.3 Å². The van der Waals surface area contributed by atoms with Crippen molar-refractivity contribution in [2.75, 3.05) is 13.1 Å². The number of carbonyl (C=O) groups excluding carboxylic acids is 1. The van der Waals surface area contributed by atoms with Gasteiger partial charge in [0.1, 0.15) is 0 Å². The molecule has 3 nitrogen and oxygen atoms in total. The van der Waals surface area contributed by atoms with Gasteiger partial charge in [-0.15, -0.1) is 30.2 Å². The second-order valence-corrected chi connectivity index (χ2v) is 5.66. The third-order valence-electron chi connectivity index (χ3n) is 1.84. The van der Waals surface area contributed by atoms with E-state index in [1.807, 2.05) is 6.07 Å². The summed E-state index contributed by atoms with van der Waals surface area (Å²) in [5.74, 6) is 2.35. The van der Waals surface area contributed by atoms with Crippen molar-refractivity contribution in [3.05, 3.63) is 20.8 Å². The Balaban J connectivity index is 0.00000256. The molecule has 1 rings (SSSR count). The van der Waals surface area contributed by atoms with Crippen molar-refractivity contribution in [3.8, 4) is 12.3 Å². The Labute approximate surface area is 120 Å². The van der Waals surface area contributed by atoms with E-state index < -0.39 is 0 Å². The maximum absolute atomic E-state index is 11.2. The monoisotopic (exact) mass is 336 g/mol. The number of terminal acetylenes is 1. The summed E-state index contributed by atoms with van der Waals surface area (Å²) in [5.41, 5.74) is 0. The summed E-state index contributed by atoms with van der Waals surface area (Å²) < 4.78 is 1.12. The molecule has 0 aliphatic heterocycles. The summed E-state index contributed by atoms with van der Waals surface area (Å²) in [4.78, 5) is 12.4. The van der Waals surface area contributed by atoms with Crippen LogP contribution in [0.4, 0.5) is 0 Å². The molecule has 0 unspecified atom stereocenters. The summed E-state index contributed by atoms with van der Waals surface area (Å²) in [6.07, 6.45) is 5.48. The van der Waals surface area contributed by atoms with Gasteiger partial charge >= 0.3 is 0 Å². The molecule has 0 radical (unpaired) electrons. The minimum absolute atomic E-state index is 0. The van der Waals surface area contributed by atoms with Crippen LogP contribution in [0.15, 0.2) is 15.9 Å². The van der Waals surface area contributed by atoms with Crippen molar-refractivity contribution < 1.29 is 4.79 Å². The maximum Gasteiger partial charge on any atom is 0.222 e. The predicted octanol–water partition coefficient (Wildman–Crippen LogP) is 2.16. The molecule has 2 N–H and O–H groups in total. The van der Waals surface area contributed by atoms with Crippen LogP contribution in [-0.4, -0.2) is 19.0 Å². The van der Waals surface area contributed by atoms with Crippen LogP contribution < -0.4 is 10.6 Å². The smallest absolute Gasteiger partial charge is 0.222 e. The summed E-state index contributed by atoms with van der Waals surface area (Å²) in [6, 6.07) is 4.07. The van der Waals surface area contributed by atoms with Crippen LogP contribution >= 0.6 is 39.7 Å². The van der Waals surface area contributed by atoms with Crippen LogP contribution in [0.3, 0.4) is 0 Å². The first-order valence-electron chi connectivity index (χ1n) is 4.87. The van der Waals surface area contributed by atoms with Crippen LogP contribution in [0.5, 0.6) is 0 Å². The highest BCUT2D eigenvalue weighted by Crippen LogP contribution is 2.21. The fourth-order valence-corrected chi connectivity index (χ4v) is 2.55. The molecule has 17 heavy (non-hydrogen) atoms. The molecule has 1 aromatic heterocycles. The van der Waals surface area contributed by atoms with Gasteiger partial charge in [0.25, 0.3) is 0 Å². The number of thiophene rings is 1. The second-order valence-electron chi connectivity index (χ2n) is 3.11. The van der Waals surface area contributed by atoms with Crippen LogP contribution in [0.1, 0.15) is 11.3 Å². The Morgan fingerprint density at radius 2 is 2.29 bits per heavy atom. The molecule has 0 saturated heterocycles. The number of nitrogens with one attached hydrogen (secondary N) is 2. The Kier molecular flexibility index (Phi) is 9.18. The zero-order valence-corrected chi connectivity index (χ0v) is 12.4. The SMILES string of the molecule is C#CCNC(=O)CCNCc1ccc(Br)s1.Cl. The summed E-state index contributed by atoms with van der Waals surface area (Å²) >= 11 is 5.09. The Hall–Kier alpha value is -0.540. The first kappa shape index (κ1) is 16.5. The van der Waals surface area contributed by atoms with Gasteiger partial charge in [-0.05, 0) is 28.1 Å². The zero-order chi connectivity index (χ0) is 11.8. The molecular weight excluding hydrogens is 324 g/mol. The molecule has 0 bridgehead atoms. The quantitative estimate of drug-likeness (QED) is 0.617. The van der Waals surface area contributed by atoms with Crippen molar-refractivity contribution in [3.63, 3.8) is 0 Å². The molecule has 0 aliphatic rings. The molecule has 1 amide bonds. The molecule has 0 saturated carbocycles. The van der Waals surface area contributed by atoms with Crippen LogP contribution in [0.2, 0.25) is 0 Å². The van der Waals surface area contributed by atoms with Crippen LogP contribution in [0, 0.1) is 12.3 Å². The molecule has 1 heterocycles. The van der Waals surface area contributed by atoms with E-state index >= 15 is 0 Å². The number of hydrogen-bond acceptors (Lipinski definition) is 3. The molecule has 0 fully saturated rings. The fraction of sp³-hybridized carbons (Fsp3) is 0.364. The molecule has 94 valence electrons. The molecule has 0 spiro atoms. The largest absolute Gasteiger partial charge is 0.345 e. The van der Waals surface area contributed by atoms with Gasteiger partial charge in [-0.1, -0.05) is 5.92 Å². The van der Waals surface area contributed by atoms with E-state index in [0.717, 1.165) is 10.3 Å². The van der Waals surface area contributed by atoms with E-state index in [9.17, 15) is 4.79 Å². The van der Waals surface area contributed by atoms with Gasteiger partial charge in [0.15, 0.2) is 0 Å². The first-order chi connectivity index (χ1) is 7.72. The fourth-order valence-electron chi connectivity index (χ4n) is 1.10. The van der Waals surface area contributed by atoms with Gasteiger partial charge in [-0.2, -0.15) is 0 Å². The number of hydrogen-bond donors (Lipinski definition) is 2. The third kappa shape index (κ3) is 7.40. The van der Waals surface area contributed by atoms with Gasteiger partial charge < -0.3 is 10.6 Å². The highest BCUT2D eigenvalue weighted by atomic mass is 79.9. The molecule has 1 aromatic rings. The minimum atomic E-state index is -0.0159. The lowest BCUT2D eigenvalue weighted by molar-refractivity contribution is -0.120. The van der Waals surface area contributed by atoms with E-state index in [2.05, 4.69) is 38.6 Å². The van der Waals surface area contributed by atoms with E-state index in [1.165, 1.54) is 4.88 Å². The minimum Gasteiger partial charge on any atom is -0.345 e. The normalized spacial score (nSPS) is 9.18. The molecule has 0 atom stereocenters. The lowest BCUT2D eigenvalue weighted by Gasteiger charge is -2.03. The van der Waals surface area contributed by atoms with Crippen molar-refractivity contribution >= 4 is 45.6 Å². The van der Waals surface area contributed by atoms with Gasteiger partial charge in [0, 0.05) is 24.4 Å². The van der Waals surface area contributed by atoms with Crippen molar-refractivity contribution in [1.29, 1.82) is 0 Å².